The zero-order valence-electron chi connectivity index (χ0n) is 7.40. The third kappa shape index (κ3) is 1.62. The molecule has 0 aromatic rings. The van der Waals surface area contributed by atoms with Crippen LogP contribution in [0.2, 0.25) is 0 Å². The van der Waals surface area contributed by atoms with Gasteiger partial charge in [-0.25, -0.2) is 4.79 Å². The van der Waals surface area contributed by atoms with Gasteiger partial charge in [0, 0.05) is 13.1 Å². The normalized spacial score (nSPS) is 34.8. The Morgan fingerprint density at radius 1 is 1.54 bits per heavy atom. The fourth-order valence-electron chi connectivity index (χ4n) is 1.79. The van der Waals surface area contributed by atoms with Gasteiger partial charge in [-0.05, 0) is 6.42 Å². The molecule has 0 aromatic heterocycles. The van der Waals surface area contributed by atoms with Crippen molar-refractivity contribution in [3.63, 3.8) is 0 Å². The van der Waals surface area contributed by atoms with E-state index < -0.39 is 6.10 Å². The van der Waals surface area contributed by atoms with Crippen LogP contribution < -0.4 is 5.32 Å². The van der Waals surface area contributed by atoms with Crippen LogP contribution >= 0.6 is 0 Å². The molecular weight excluding hydrogens is 172 g/mol. The van der Waals surface area contributed by atoms with Gasteiger partial charge in [-0.1, -0.05) is 0 Å². The Morgan fingerprint density at radius 2 is 2.38 bits per heavy atom. The van der Waals surface area contributed by atoms with Gasteiger partial charge in [-0.15, -0.1) is 0 Å². The number of nitrogens with zero attached hydrogens (tertiary/aromatic N) is 1. The van der Waals surface area contributed by atoms with Gasteiger partial charge in [-0.2, -0.15) is 0 Å². The van der Waals surface area contributed by atoms with Gasteiger partial charge < -0.3 is 20.1 Å². The molecule has 2 aliphatic heterocycles. The third-order valence-corrected chi connectivity index (χ3v) is 2.53. The van der Waals surface area contributed by atoms with Crippen molar-refractivity contribution in [2.75, 3.05) is 26.3 Å². The number of hydrogen-bond donors (Lipinski definition) is 2. The van der Waals surface area contributed by atoms with Crippen LogP contribution in [-0.2, 0) is 4.74 Å². The molecule has 5 heteroatoms. The fourth-order valence-corrected chi connectivity index (χ4v) is 1.79. The van der Waals surface area contributed by atoms with E-state index in [4.69, 9.17) is 4.74 Å². The highest BCUT2D eigenvalue weighted by molar-refractivity contribution is 5.75. The number of nitrogens with one attached hydrogen (secondary N) is 1. The highest BCUT2D eigenvalue weighted by Gasteiger charge is 2.35. The van der Waals surface area contributed by atoms with Crippen molar-refractivity contribution in [1.82, 2.24) is 10.2 Å². The van der Waals surface area contributed by atoms with E-state index in [9.17, 15) is 9.90 Å². The second kappa shape index (κ2) is 3.51. The number of aliphatic hydroxyl groups is 1. The number of urea groups is 1. The smallest absolute Gasteiger partial charge is 0.317 e. The summed E-state index contributed by atoms with van der Waals surface area (Å²) < 4.78 is 5.10. The summed E-state index contributed by atoms with van der Waals surface area (Å²) in [7, 11) is 0. The van der Waals surface area contributed by atoms with Gasteiger partial charge in [0.25, 0.3) is 0 Å². The average Bonchev–Trinajstić information content (AvgIpc) is 2.52. The van der Waals surface area contributed by atoms with Gasteiger partial charge in [0.2, 0.25) is 0 Å². The van der Waals surface area contributed by atoms with Gasteiger partial charge in [-0.3, -0.25) is 0 Å². The maximum Gasteiger partial charge on any atom is 0.317 e. The molecule has 2 fully saturated rings. The summed E-state index contributed by atoms with van der Waals surface area (Å²) in [5.74, 6) is 0. The molecule has 0 radical (unpaired) electrons. The Hall–Kier alpha value is -0.810. The highest BCUT2D eigenvalue weighted by Crippen LogP contribution is 2.15. The minimum atomic E-state index is -0.524. The van der Waals surface area contributed by atoms with Gasteiger partial charge in [0.15, 0.2) is 0 Å². The lowest BCUT2D eigenvalue weighted by atomic mass is 10.1. The molecule has 5 nitrogen and oxygen atoms in total. The standard InChI is InChI=1S/C8H14N2O3/c11-7-5-13-4-6(7)10-3-1-2-9-8(10)12/h6-7,11H,1-5H2,(H,9,12). The summed E-state index contributed by atoms with van der Waals surface area (Å²) in [6, 6.07) is -0.235. The Labute approximate surface area is 76.7 Å². The van der Waals surface area contributed by atoms with E-state index in [1.807, 2.05) is 0 Å². The van der Waals surface area contributed by atoms with E-state index in [1.165, 1.54) is 0 Å². The largest absolute Gasteiger partial charge is 0.388 e. The third-order valence-electron chi connectivity index (χ3n) is 2.53. The Bertz CT molecular complexity index is 210. The molecule has 0 aromatic carbocycles. The maximum atomic E-state index is 11.4. The Morgan fingerprint density at radius 3 is 3.00 bits per heavy atom. The monoisotopic (exact) mass is 186 g/mol. The molecule has 2 atom stereocenters. The van der Waals surface area contributed by atoms with Crippen molar-refractivity contribution in [2.24, 2.45) is 0 Å². The second-order valence-corrected chi connectivity index (χ2v) is 3.45. The Kier molecular flexibility index (Phi) is 2.37. The van der Waals surface area contributed by atoms with Crippen molar-refractivity contribution < 1.29 is 14.6 Å². The van der Waals surface area contributed by atoms with Crippen molar-refractivity contribution in [3.8, 4) is 0 Å². The van der Waals surface area contributed by atoms with Crippen LogP contribution in [0.1, 0.15) is 6.42 Å². The maximum absolute atomic E-state index is 11.4. The van der Waals surface area contributed by atoms with E-state index in [-0.39, 0.29) is 12.1 Å². The van der Waals surface area contributed by atoms with Crippen LogP contribution in [0.15, 0.2) is 0 Å². The molecule has 2 rings (SSSR count). The zero-order chi connectivity index (χ0) is 9.26. The predicted molar refractivity (Wildman–Crippen MR) is 45.3 cm³/mol. The van der Waals surface area contributed by atoms with Crippen molar-refractivity contribution >= 4 is 6.03 Å². The number of carbonyl (C=O) groups excluding carboxylic acids is 1. The minimum absolute atomic E-state index is 0.0826. The number of amides is 2. The van der Waals surface area contributed by atoms with Crippen molar-refractivity contribution in [2.45, 2.75) is 18.6 Å². The molecule has 2 aliphatic rings. The molecule has 74 valence electrons. The van der Waals surface area contributed by atoms with Gasteiger partial charge in [0.1, 0.15) is 0 Å². The first-order chi connectivity index (χ1) is 6.29. The number of hydrogen-bond acceptors (Lipinski definition) is 3. The van der Waals surface area contributed by atoms with Gasteiger partial charge in [0.05, 0.1) is 25.4 Å². The molecule has 13 heavy (non-hydrogen) atoms. The van der Waals surface area contributed by atoms with Crippen LogP contribution in [0, 0.1) is 0 Å². The summed E-state index contributed by atoms with van der Waals surface area (Å²) in [4.78, 5) is 13.0. The lowest BCUT2D eigenvalue weighted by Gasteiger charge is -2.33. The van der Waals surface area contributed by atoms with E-state index in [2.05, 4.69) is 5.32 Å². The molecular formula is C8H14N2O3. The van der Waals surface area contributed by atoms with E-state index in [0.29, 0.717) is 13.2 Å². The van der Waals surface area contributed by atoms with Crippen LogP contribution in [0.4, 0.5) is 4.79 Å². The summed E-state index contributed by atoms with van der Waals surface area (Å²) >= 11 is 0. The molecule has 2 saturated heterocycles. The summed E-state index contributed by atoms with van der Waals surface area (Å²) in [5.41, 5.74) is 0. The molecule has 2 amide bonds. The van der Waals surface area contributed by atoms with E-state index in [0.717, 1.165) is 19.5 Å². The number of rotatable bonds is 1. The fraction of sp³-hybridized carbons (Fsp3) is 0.875. The predicted octanol–water partition coefficient (Wildman–Crippen LogP) is -0.839. The van der Waals surface area contributed by atoms with Gasteiger partial charge >= 0.3 is 6.03 Å². The molecule has 0 bridgehead atoms. The second-order valence-electron chi connectivity index (χ2n) is 3.45. The first-order valence-electron chi connectivity index (χ1n) is 4.59. The summed E-state index contributed by atoms with van der Waals surface area (Å²) in [5, 5.41) is 12.3. The minimum Gasteiger partial charge on any atom is -0.388 e. The number of carbonyl (C=O) groups is 1. The SMILES string of the molecule is O=C1NCCCN1C1COCC1O. The topological polar surface area (TPSA) is 61.8 Å². The van der Waals surface area contributed by atoms with Crippen LogP contribution in [0.25, 0.3) is 0 Å². The molecule has 0 aliphatic carbocycles. The Balaban J connectivity index is 2.01. The molecule has 2 N–H and O–H groups in total. The average molecular weight is 186 g/mol. The number of aliphatic hydroxyl groups excluding tert-OH is 1. The quantitative estimate of drug-likeness (QED) is 0.561. The van der Waals surface area contributed by atoms with Crippen LogP contribution in [0.3, 0.4) is 0 Å². The lowest BCUT2D eigenvalue weighted by molar-refractivity contribution is 0.0886. The first kappa shape index (κ1) is 8.77. The zero-order valence-corrected chi connectivity index (χ0v) is 7.40. The molecule has 2 heterocycles. The lowest BCUT2D eigenvalue weighted by Crippen LogP contribution is -2.54. The van der Waals surface area contributed by atoms with Crippen LogP contribution in [-0.4, -0.2) is 54.5 Å². The summed E-state index contributed by atoms with van der Waals surface area (Å²) in [6.07, 6.45) is 0.415. The van der Waals surface area contributed by atoms with Crippen LogP contribution in [0.5, 0.6) is 0 Å². The molecule has 2 unspecified atom stereocenters. The molecule has 0 spiro atoms. The highest BCUT2D eigenvalue weighted by atomic mass is 16.5. The molecule has 0 saturated carbocycles. The number of ether oxygens (including phenoxy) is 1. The van der Waals surface area contributed by atoms with Crippen molar-refractivity contribution in [1.29, 1.82) is 0 Å². The van der Waals surface area contributed by atoms with E-state index in [1.54, 1.807) is 4.90 Å². The van der Waals surface area contributed by atoms with Crippen molar-refractivity contribution in [3.05, 3.63) is 0 Å². The summed E-state index contributed by atoms with van der Waals surface area (Å²) in [6.45, 7) is 2.25. The first-order valence-corrected chi connectivity index (χ1v) is 4.59. The van der Waals surface area contributed by atoms with E-state index >= 15 is 0 Å².